The van der Waals surface area contributed by atoms with Crippen molar-refractivity contribution in [2.24, 2.45) is 11.8 Å². The van der Waals surface area contributed by atoms with E-state index in [4.69, 9.17) is 9.97 Å². The molecule has 3 saturated heterocycles. The first-order valence-electron chi connectivity index (χ1n) is 11.2. The highest BCUT2D eigenvalue weighted by Crippen LogP contribution is 2.38. The van der Waals surface area contributed by atoms with Crippen LogP contribution >= 0.6 is 0 Å². The molecule has 9 heteroatoms. The van der Waals surface area contributed by atoms with Crippen molar-refractivity contribution in [1.29, 1.82) is 0 Å². The van der Waals surface area contributed by atoms with Gasteiger partial charge in [-0.25, -0.2) is 28.7 Å². The average molecular weight is 447 g/mol. The number of halogens is 2. The number of aromatic amines is 1. The molecule has 2 bridgehead atoms. The van der Waals surface area contributed by atoms with E-state index in [1.54, 1.807) is 18.6 Å². The third-order valence-electron chi connectivity index (χ3n) is 7.03. The van der Waals surface area contributed by atoms with Gasteiger partial charge in [0.2, 0.25) is 0 Å². The maximum atomic E-state index is 14.3. The van der Waals surface area contributed by atoms with E-state index >= 15 is 0 Å². The fourth-order valence-electron chi connectivity index (χ4n) is 5.25. The third-order valence-corrected chi connectivity index (χ3v) is 7.03. The number of nitrogens with zero attached hydrogens (tertiary/aromatic N) is 5. The minimum absolute atomic E-state index is 0.179. The zero-order valence-electron chi connectivity index (χ0n) is 18.1. The number of anilines is 1. The van der Waals surface area contributed by atoms with Crippen molar-refractivity contribution >= 4 is 16.7 Å². The van der Waals surface area contributed by atoms with Crippen LogP contribution < -0.4 is 5.32 Å². The smallest absolute Gasteiger partial charge is 0.164 e. The van der Waals surface area contributed by atoms with Crippen molar-refractivity contribution < 1.29 is 8.78 Å². The quantitative estimate of drug-likeness (QED) is 0.481. The highest BCUT2D eigenvalue weighted by atomic mass is 19.1. The van der Waals surface area contributed by atoms with Gasteiger partial charge >= 0.3 is 0 Å². The normalized spacial score (nSPS) is 24.3. The topological polar surface area (TPSA) is 82.6 Å². The molecule has 0 spiro atoms. The fraction of sp³-hybridized carbons (Fsp3) is 0.333. The number of nitrogens with one attached hydrogen (secondary N) is 2. The Labute approximate surface area is 189 Å². The summed E-state index contributed by atoms with van der Waals surface area (Å²) in [6, 6.07) is 4.04. The Balaban J connectivity index is 1.46. The first-order valence-corrected chi connectivity index (χ1v) is 11.2. The SMILES string of the molecule is CC1C2CCN(CC2)C1Nc1cc(-c2cncnc2)nc(-c2c[nH]c3c(F)cc(F)cc23)n1. The maximum Gasteiger partial charge on any atom is 0.164 e. The Bertz CT molecular complexity index is 1310. The molecule has 7 rings (SSSR count). The van der Waals surface area contributed by atoms with E-state index in [2.05, 4.69) is 32.1 Å². The van der Waals surface area contributed by atoms with Crippen LogP contribution in [0, 0.1) is 23.5 Å². The highest BCUT2D eigenvalue weighted by molar-refractivity contribution is 5.94. The van der Waals surface area contributed by atoms with Gasteiger partial charge in [0.05, 0.1) is 17.4 Å². The van der Waals surface area contributed by atoms with E-state index in [0.717, 1.165) is 24.7 Å². The summed E-state index contributed by atoms with van der Waals surface area (Å²) in [7, 11) is 0. The standard InChI is InChI=1S/C24H23F2N7/c1-13-14-2-4-33(5-3-14)24(13)32-21-8-20(15-9-27-12-28-10-15)30-23(31-21)18-11-29-22-17(18)6-16(25)7-19(22)26/h6-14,24,29H,2-5H2,1H3,(H,30,31,32). The van der Waals surface area contributed by atoms with E-state index in [1.807, 2.05) is 6.07 Å². The molecule has 33 heavy (non-hydrogen) atoms. The Hall–Kier alpha value is -3.46. The first-order chi connectivity index (χ1) is 16.1. The predicted octanol–water partition coefficient (Wildman–Crippen LogP) is 4.46. The van der Waals surface area contributed by atoms with E-state index in [-0.39, 0.29) is 11.7 Å². The van der Waals surface area contributed by atoms with Crippen LogP contribution in [0.3, 0.4) is 0 Å². The van der Waals surface area contributed by atoms with Crippen molar-refractivity contribution in [3.8, 4) is 22.6 Å². The van der Waals surface area contributed by atoms with Gasteiger partial charge in [0, 0.05) is 60.3 Å². The molecule has 168 valence electrons. The minimum Gasteiger partial charge on any atom is -0.358 e. The van der Waals surface area contributed by atoms with Gasteiger partial charge in [0.25, 0.3) is 0 Å². The van der Waals surface area contributed by atoms with Crippen molar-refractivity contribution in [3.05, 3.63) is 54.8 Å². The highest BCUT2D eigenvalue weighted by Gasteiger charge is 2.39. The minimum atomic E-state index is -0.651. The Morgan fingerprint density at radius 2 is 1.85 bits per heavy atom. The molecular formula is C24H23F2N7. The van der Waals surface area contributed by atoms with Crippen LogP contribution in [-0.4, -0.2) is 49.1 Å². The van der Waals surface area contributed by atoms with Gasteiger partial charge in [-0.3, -0.25) is 4.90 Å². The van der Waals surface area contributed by atoms with Crippen molar-refractivity contribution in [2.45, 2.75) is 25.9 Å². The Morgan fingerprint density at radius 1 is 1.06 bits per heavy atom. The van der Waals surface area contributed by atoms with Crippen molar-refractivity contribution in [3.63, 3.8) is 0 Å². The Morgan fingerprint density at radius 3 is 2.61 bits per heavy atom. The predicted molar refractivity (Wildman–Crippen MR) is 121 cm³/mol. The molecule has 0 radical (unpaired) electrons. The van der Waals surface area contributed by atoms with Gasteiger partial charge in [-0.15, -0.1) is 0 Å². The van der Waals surface area contributed by atoms with Crippen molar-refractivity contribution in [1.82, 2.24) is 29.8 Å². The summed E-state index contributed by atoms with van der Waals surface area (Å²) in [6.07, 6.45) is 9.09. The van der Waals surface area contributed by atoms with Crippen molar-refractivity contribution in [2.75, 3.05) is 18.4 Å². The second-order valence-electron chi connectivity index (χ2n) is 8.92. The fourth-order valence-corrected chi connectivity index (χ4v) is 5.25. The van der Waals surface area contributed by atoms with Gasteiger partial charge < -0.3 is 10.3 Å². The van der Waals surface area contributed by atoms with Gasteiger partial charge in [-0.2, -0.15) is 0 Å². The number of rotatable bonds is 4. The van der Waals surface area contributed by atoms with E-state index in [0.29, 0.717) is 40.1 Å². The number of hydrogen-bond acceptors (Lipinski definition) is 6. The Kier molecular flexibility index (Phi) is 4.79. The lowest BCUT2D eigenvalue weighted by Gasteiger charge is -2.50. The lowest BCUT2D eigenvalue weighted by molar-refractivity contribution is 0.0124. The van der Waals surface area contributed by atoms with Crippen LogP contribution in [0.4, 0.5) is 14.6 Å². The summed E-state index contributed by atoms with van der Waals surface area (Å²) >= 11 is 0. The van der Waals surface area contributed by atoms with Crippen LogP contribution in [0.15, 0.2) is 43.1 Å². The number of hydrogen-bond donors (Lipinski definition) is 2. The number of H-pyrrole nitrogens is 1. The second-order valence-corrected chi connectivity index (χ2v) is 8.92. The molecule has 2 atom stereocenters. The number of fused-ring (bicyclic) bond motifs is 4. The molecule has 2 N–H and O–H groups in total. The molecule has 2 unspecified atom stereocenters. The summed E-state index contributed by atoms with van der Waals surface area (Å²) < 4.78 is 28.3. The summed E-state index contributed by atoms with van der Waals surface area (Å²) in [6.45, 7) is 4.43. The number of aromatic nitrogens is 5. The largest absolute Gasteiger partial charge is 0.358 e. The molecule has 0 amide bonds. The average Bonchev–Trinajstić information content (AvgIpc) is 3.26. The lowest BCUT2D eigenvalue weighted by atomic mass is 9.78. The van der Waals surface area contributed by atoms with E-state index in [9.17, 15) is 8.78 Å². The summed E-state index contributed by atoms with van der Waals surface area (Å²) in [5.74, 6) is 0.933. The molecule has 0 aliphatic carbocycles. The molecule has 6 heterocycles. The van der Waals surface area contributed by atoms with Crippen LogP contribution in [0.25, 0.3) is 33.5 Å². The monoisotopic (exact) mass is 447 g/mol. The second kappa shape index (κ2) is 7.84. The molecule has 4 aromatic rings. The number of piperidine rings is 3. The van der Waals surface area contributed by atoms with Crippen LogP contribution in [-0.2, 0) is 0 Å². The van der Waals surface area contributed by atoms with Gasteiger partial charge in [0.1, 0.15) is 23.8 Å². The third kappa shape index (κ3) is 3.52. The molecule has 3 aromatic heterocycles. The summed E-state index contributed by atoms with van der Waals surface area (Å²) in [5, 5.41) is 4.02. The number of benzene rings is 1. The molecule has 1 aromatic carbocycles. The first kappa shape index (κ1) is 20.2. The molecule has 7 nitrogen and oxygen atoms in total. The van der Waals surface area contributed by atoms with Crippen LogP contribution in [0.2, 0.25) is 0 Å². The van der Waals surface area contributed by atoms with Crippen LogP contribution in [0.5, 0.6) is 0 Å². The molecular weight excluding hydrogens is 424 g/mol. The van der Waals surface area contributed by atoms with Gasteiger partial charge in [-0.1, -0.05) is 6.92 Å². The van der Waals surface area contributed by atoms with Gasteiger partial charge in [0.15, 0.2) is 5.82 Å². The summed E-state index contributed by atoms with van der Waals surface area (Å²) in [4.78, 5) is 23.1. The maximum absolute atomic E-state index is 14.3. The molecule has 3 aliphatic heterocycles. The van der Waals surface area contributed by atoms with Crippen LogP contribution in [0.1, 0.15) is 19.8 Å². The zero-order valence-corrected chi connectivity index (χ0v) is 18.1. The summed E-state index contributed by atoms with van der Waals surface area (Å²) in [5.41, 5.74) is 2.13. The van der Waals surface area contributed by atoms with Gasteiger partial charge in [-0.05, 0) is 30.7 Å². The lowest BCUT2D eigenvalue weighted by Crippen LogP contribution is -2.57. The molecule has 3 aliphatic rings. The van der Waals surface area contributed by atoms with E-state index < -0.39 is 11.6 Å². The zero-order chi connectivity index (χ0) is 22.5. The van der Waals surface area contributed by atoms with E-state index in [1.165, 1.54) is 25.2 Å². The molecule has 3 fully saturated rings. The molecule has 0 saturated carbocycles.